The second kappa shape index (κ2) is 7.42. The van der Waals surface area contributed by atoms with E-state index in [0.29, 0.717) is 28.8 Å². The lowest BCUT2D eigenvalue weighted by Crippen LogP contribution is -2.36. The van der Waals surface area contributed by atoms with Gasteiger partial charge in [0.25, 0.3) is 5.91 Å². The molecule has 140 valence electrons. The predicted octanol–water partition coefficient (Wildman–Crippen LogP) is 4.05. The van der Waals surface area contributed by atoms with Crippen molar-refractivity contribution in [2.24, 2.45) is 0 Å². The van der Waals surface area contributed by atoms with Gasteiger partial charge in [-0.3, -0.25) is 4.79 Å². The minimum Gasteiger partial charge on any atom is -0.378 e. The zero-order valence-electron chi connectivity index (χ0n) is 15.1. The van der Waals surface area contributed by atoms with Crippen LogP contribution in [-0.4, -0.2) is 42.2 Å². The molecule has 0 radical (unpaired) electrons. The van der Waals surface area contributed by atoms with Crippen LogP contribution < -0.4 is 10.2 Å². The first kappa shape index (κ1) is 18.2. The lowest BCUT2D eigenvalue weighted by atomic mass is 10.1. The van der Waals surface area contributed by atoms with E-state index in [0.717, 1.165) is 40.3 Å². The standard InChI is InChI=1S/C19H19ClN4O2S/c1-11-3-4-13(9-14(11)20)23-18(25)16-12(2)15-17(21-10-22-19(15)27-16)24-5-7-26-8-6-24/h3-4,9-10H,5-8H2,1-2H3,(H,23,25). The Kier molecular flexibility index (Phi) is 4.99. The summed E-state index contributed by atoms with van der Waals surface area (Å²) in [6.07, 6.45) is 1.56. The number of ether oxygens (including phenoxy) is 1. The molecule has 1 N–H and O–H groups in total. The van der Waals surface area contributed by atoms with Crippen molar-refractivity contribution in [3.05, 3.63) is 45.6 Å². The maximum atomic E-state index is 12.9. The van der Waals surface area contributed by atoms with E-state index in [-0.39, 0.29) is 5.91 Å². The van der Waals surface area contributed by atoms with Crippen molar-refractivity contribution >= 4 is 50.6 Å². The molecule has 1 saturated heterocycles. The largest absolute Gasteiger partial charge is 0.378 e. The minimum absolute atomic E-state index is 0.164. The van der Waals surface area contributed by atoms with Gasteiger partial charge in [0.2, 0.25) is 0 Å². The van der Waals surface area contributed by atoms with Crippen molar-refractivity contribution in [2.75, 3.05) is 36.5 Å². The average Bonchev–Trinajstić information content (AvgIpc) is 3.02. The molecule has 1 aliphatic rings. The maximum Gasteiger partial charge on any atom is 0.266 e. The summed E-state index contributed by atoms with van der Waals surface area (Å²) in [5.74, 6) is 0.706. The number of anilines is 2. The smallest absolute Gasteiger partial charge is 0.266 e. The normalized spacial score (nSPS) is 14.6. The van der Waals surface area contributed by atoms with E-state index in [1.807, 2.05) is 26.0 Å². The highest BCUT2D eigenvalue weighted by Gasteiger charge is 2.23. The SMILES string of the molecule is Cc1ccc(NC(=O)c2sc3ncnc(N4CCOCC4)c3c2C)cc1Cl. The highest BCUT2D eigenvalue weighted by atomic mass is 35.5. The summed E-state index contributed by atoms with van der Waals surface area (Å²) in [5, 5.41) is 4.50. The number of halogens is 1. The fourth-order valence-electron chi connectivity index (χ4n) is 3.14. The number of benzene rings is 1. The first-order valence-electron chi connectivity index (χ1n) is 8.69. The van der Waals surface area contributed by atoms with Crippen LogP contribution in [0.5, 0.6) is 0 Å². The number of morpholine rings is 1. The average molecular weight is 403 g/mol. The molecule has 0 atom stereocenters. The number of fused-ring (bicyclic) bond motifs is 1. The lowest BCUT2D eigenvalue weighted by molar-refractivity contribution is 0.103. The van der Waals surface area contributed by atoms with Gasteiger partial charge in [-0.25, -0.2) is 9.97 Å². The molecule has 1 amide bonds. The van der Waals surface area contributed by atoms with Crippen LogP contribution in [0.4, 0.5) is 11.5 Å². The fourth-order valence-corrected chi connectivity index (χ4v) is 4.36. The lowest BCUT2D eigenvalue weighted by Gasteiger charge is -2.28. The van der Waals surface area contributed by atoms with E-state index in [4.69, 9.17) is 16.3 Å². The van der Waals surface area contributed by atoms with Crippen molar-refractivity contribution in [1.29, 1.82) is 0 Å². The summed E-state index contributed by atoms with van der Waals surface area (Å²) in [4.78, 5) is 25.4. The molecule has 2 aromatic heterocycles. The van der Waals surface area contributed by atoms with Crippen LogP contribution in [0.25, 0.3) is 10.2 Å². The van der Waals surface area contributed by atoms with Gasteiger partial charge in [0, 0.05) is 23.8 Å². The first-order valence-corrected chi connectivity index (χ1v) is 9.88. The highest BCUT2D eigenvalue weighted by Crippen LogP contribution is 2.35. The van der Waals surface area contributed by atoms with E-state index in [1.165, 1.54) is 11.3 Å². The predicted molar refractivity (Wildman–Crippen MR) is 109 cm³/mol. The topological polar surface area (TPSA) is 67.4 Å². The van der Waals surface area contributed by atoms with Crippen molar-refractivity contribution < 1.29 is 9.53 Å². The molecule has 1 fully saturated rings. The summed E-state index contributed by atoms with van der Waals surface area (Å²) in [7, 11) is 0. The zero-order chi connectivity index (χ0) is 19.0. The number of aryl methyl sites for hydroxylation is 2. The summed E-state index contributed by atoms with van der Waals surface area (Å²) >= 11 is 7.55. The Morgan fingerprint density at radius 3 is 2.78 bits per heavy atom. The van der Waals surface area contributed by atoms with Gasteiger partial charge in [0.1, 0.15) is 17.0 Å². The summed E-state index contributed by atoms with van der Waals surface area (Å²) in [6, 6.07) is 5.49. The Labute approximate surface area is 166 Å². The molecule has 1 aliphatic heterocycles. The van der Waals surface area contributed by atoms with E-state index in [2.05, 4.69) is 20.2 Å². The number of nitrogens with zero attached hydrogens (tertiary/aromatic N) is 3. The highest BCUT2D eigenvalue weighted by molar-refractivity contribution is 7.20. The third-order valence-corrected chi connectivity index (χ3v) is 6.26. The Balaban J connectivity index is 1.68. The van der Waals surface area contributed by atoms with E-state index < -0.39 is 0 Å². The van der Waals surface area contributed by atoms with Gasteiger partial charge < -0.3 is 15.0 Å². The van der Waals surface area contributed by atoms with Crippen LogP contribution in [0.2, 0.25) is 5.02 Å². The molecule has 0 unspecified atom stereocenters. The number of amides is 1. The number of hydrogen-bond donors (Lipinski definition) is 1. The molecule has 8 heteroatoms. The minimum atomic E-state index is -0.164. The van der Waals surface area contributed by atoms with Gasteiger partial charge in [-0.1, -0.05) is 17.7 Å². The molecule has 6 nitrogen and oxygen atoms in total. The molecule has 3 aromatic rings. The molecule has 1 aromatic carbocycles. The Hall–Kier alpha value is -2.22. The summed E-state index contributed by atoms with van der Waals surface area (Å²) in [6.45, 7) is 6.79. The van der Waals surface area contributed by atoms with Crippen molar-refractivity contribution in [3.63, 3.8) is 0 Å². The number of carbonyl (C=O) groups excluding carboxylic acids is 1. The number of nitrogens with one attached hydrogen (secondary N) is 1. The molecule has 0 spiro atoms. The van der Waals surface area contributed by atoms with Gasteiger partial charge in [-0.15, -0.1) is 11.3 Å². The van der Waals surface area contributed by atoms with Crippen LogP contribution in [0.3, 0.4) is 0 Å². The van der Waals surface area contributed by atoms with Crippen LogP contribution in [0.15, 0.2) is 24.5 Å². The number of rotatable bonds is 3. The molecular formula is C19H19ClN4O2S. The van der Waals surface area contributed by atoms with Crippen LogP contribution in [0.1, 0.15) is 20.8 Å². The van der Waals surface area contributed by atoms with E-state index >= 15 is 0 Å². The second-order valence-corrected chi connectivity index (χ2v) is 7.86. The van der Waals surface area contributed by atoms with Gasteiger partial charge in [0.05, 0.1) is 23.5 Å². The molecule has 27 heavy (non-hydrogen) atoms. The Bertz CT molecular complexity index is 1010. The number of aromatic nitrogens is 2. The Morgan fingerprint density at radius 1 is 1.26 bits per heavy atom. The van der Waals surface area contributed by atoms with Crippen LogP contribution in [-0.2, 0) is 4.74 Å². The van der Waals surface area contributed by atoms with Gasteiger partial charge in [-0.2, -0.15) is 0 Å². The summed E-state index contributed by atoms with van der Waals surface area (Å²) < 4.78 is 5.43. The Morgan fingerprint density at radius 2 is 2.04 bits per heavy atom. The monoisotopic (exact) mass is 402 g/mol. The number of hydrogen-bond acceptors (Lipinski definition) is 6. The molecule has 3 heterocycles. The molecule has 4 rings (SSSR count). The van der Waals surface area contributed by atoms with Crippen molar-refractivity contribution in [1.82, 2.24) is 9.97 Å². The van der Waals surface area contributed by atoms with Gasteiger partial charge in [-0.05, 0) is 37.1 Å². The molecule has 0 saturated carbocycles. The first-order chi connectivity index (χ1) is 13.0. The fraction of sp³-hybridized carbons (Fsp3) is 0.316. The van der Waals surface area contributed by atoms with Crippen LogP contribution >= 0.6 is 22.9 Å². The second-order valence-electron chi connectivity index (χ2n) is 6.45. The van der Waals surface area contributed by atoms with Crippen molar-refractivity contribution in [2.45, 2.75) is 13.8 Å². The van der Waals surface area contributed by atoms with E-state index in [9.17, 15) is 4.79 Å². The maximum absolute atomic E-state index is 12.9. The summed E-state index contributed by atoms with van der Waals surface area (Å²) in [5.41, 5.74) is 2.54. The van der Waals surface area contributed by atoms with Gasteiger partial charge >= 0.3 is 0 Å². The molecular weight excluding hydrogens is 384 g/mol. The van der Waals surface area contributed by atoms with Crippen molar-refractivity contribution in [3.8, 4) is 0 Å². The zero-order valence-corrected chi connectivity index (χ0v) is 16.7. The number of thiophene rings is 1. The number of carbonyl (C=O) groups is 1. The molecule has 0 bridgehead atoms. The molecule has 0 aliphatic carbocycles. The van der Waals surface area contributed by atoms with Gasteiger partial charge in [0.15, 0.2) is 0 Å². The van der Waals surface area contributed by atoms with E-state index in [1.54, 1.807) is 12.4 Å². The third-order valence-electron chi connectivity index (χ3n) is 4.65. The third kappa shape index (κ3) is 3.50. The quantitative estimate of drug-likeness (QED) is 0.715. The van der Waals surface area contributed by atoms with Crippen LogP contribution in [0, 0.1) is 13.8 Å².